The minimum absolute atomic E-state index is 0.0971. The third kappa shape index (κ3) is 7.85. The first kappa shape index (κ1) is 34.0. The molecule has 3 amide bonds. The van der Waals surface area contributed by atoms with E-state index in [0.29, 0.717) is 16.7 Å². The molecule has 7 nitrogen and oxygen atoms in total. The molecule has 4 rings (SSSR count). The Bertz CT molecular complexity index is 1640. The number of nitrogens with one attached hydrogen (secondary N) is 3. The van der Waals surface area contributed by atoms with Gasteiger partial charge in [-0.3, -0.25) is 14.4 Å². The molecule has 0 unspecified atom stereocenters. The van der Waals surface area contributed by atoms with Crippen LogP contribution in [0.15, 0.2) is 48.5 Å². The molecule has 0 saturated heterocycles. The molecule has 3 N–H and O–H groups in total. The number of alkyl halides is 5. The van der Waals surface area contributed by atoms with Gasteiger partial charge in [-0.05, 0) is 48.0 Å². The lowest BCUT2D eigenvalue weighted by atomic mass is 10.1. The van der Waals surface area contributed by atoms with E-state index in [-0.39, 0.29) is 21.3 Å². The fourth-order valence-electron chi connectivity index (χ4n) is 4.16. The lowest BCUT2D eigenvalue weighted by Crippen LogP contribution is -2.25. The quantitative estimate of drug-likeness (QED) is 0.154. The van der Waals surface area contributed by atoms with Crippen molar-refractivity contribution in [3.05, 3.63) is 86.4 Å². The van der Waals surface area contributed by atoms with Gasteiger partial charge in [0.25, 0.3) is 11.8 Å². The van der Waals surface area contributed by atoms with Crippen molar-refractivity contribution >= 4 is 92.8 Å². The second-order valence-corrected chi connectivity index (χ2v) is 12.0. The number of ether oxygens (including phenoxy) is 1. The van der Waals surface area contributed by atoms with Crippen LogP contribution in [0.4, 0.5) is 39.0 Å². The average molecular weight is 720 g/mol. The van der Waals surface area contributed by atoms with E-state index in [1.165, 1.54) is 24.3 Å². The topological polar surface area (TPSA) is 96.5 Å². The second-order valence-electron chi connectivity index (χ2n) is 9.38. The normalized spacial score (nSPS) is 17.1. The minimum atomic E-state index is -4.71. The lowest BCUT2D eigenvalue weighted by molar-refractivity contribution is -0.174. The van der Waals surface area contributed by atoms with Gasteiger partial charge in [0, 0.05) is 11.6 Å². The Labute approximate surface area is 270 Å². The number of halogens is 10. The Morgan fingerprint density at radius 3 is 2.20 bits per heavy atom. The number of hydrogen-bond donors (Lipinski definition) is 3. The zero-order chi connectivity index (χ0) is 32.6. The maximum atomic E-state index is 15.0. The van der Waals surface area contributed by atoms with E-state index < -0.39 is 76.3 Å². The van der Waals surface area contributed by atoms with Gasteiger partial charge in [0.15, 0.2) is 5.82 Å². The van der Waals surface area contributed by atoms with Crippen LogP contribution in [-0.4, -0.2) is 41.4 Å². The van der Waals surface area contributed by atoms with E-state index in [1.54, 1.807) is 17.4 Å². The molecule has 1 aliphatic rings. The van der Waals surface area contributed by atoms with Gasteiger partial charge in [0.2, 0.25) is 5.91 Å². The molecule has 17 heteroatoms. The van der Waals surface area contributed by atoms with Gasteiger partial charge < -0.3 is 20.7 Å². The van der Waals surface area contributed by atoms with Gasteiger partial charge in [-0.15, -0.1) is 23.2 Å². The fraction of sp³-hybridized carbons (Fsp3) is 0.222. The summed E-state index contributed by atoms with van der Waals surface area (Å²) < 4.78 is 68.5. The molecule has 0 heterocycles. The highest BCUT2D eigenvalue weighted by molar-refractivity contribution is 6.53. The van der Waals surface area contributed by atoms with Crippen molar-refractivity contribution in [1.29, 1.82) is 0 Å². The number of benzene rings is 3. The summed E-state index contributed by atoms with van der Waals surface area (Å²) in [5.74, 6) is -7.11. The Kier molecular flexibility index (Phi) is 10.2. The average Bonchev–Trinajstić information content (AvgIpc) is 3.51. The summed E-state index contributed by atoms with van der Waals surface area (Å²) in [7, 11) is 0. The number of carbonyl (C=O) groups excluding carboxylic acids is 3. The summed E-state index contributed by atoms with van der Waals surface area (Å²) >= 11 is 30.9. The van der Waals surface area contributed by atoms with Crippen LogP contribution < -0.4 is 16.0 Å². The maximum Gasteiger partial charge on any atom is 0.411 e. The van der Waals surface area contributed by atoms with Crippen LogP contribution >= 0.6 is 58.0 Å². The molecule has 0 bridgehead atoms. The Morgan fingerprint density at radius 1 is 0.864 bits per heavy atom. The van der Waals surface area contributed by atoms with Crippen LogP contribution in [0.1, 0.15) is 21.8 Å². The minimum Gasteiger partial charge on any atom is -0.362 e. The molecule has 1 fully saturated rings. The van der Waals surface area contributed by atoms with Gasteiger partial charge in [0.05, 0.1) is 32.2 Å². The SMILES string of the molecule is O=C(COCC(F)(F)F)Nc1c(F)ccc(NC(=O)c2cc(NC(=O)[C@H]3[C@H](c4ccc(Cl)c(Cl)c4)C3(Cl)Cl)ccc2Cl)c1F. The summed E-state index contributed by atoms with van der Waals surface area (Å²) in [5, 5.41) is 6.95. The highest BCUT2D eigenvalue weighted by atomic mass is 35.5. The number of carbonyl (C=O) groups is 3. The summed E-state index contributed by atoms with van der Waals surface area (Å²) in [6.07, 6.45) is -4.71. The van der Waals surface area contributed by atoms with E-state index in [1.807, 2.05) is 0 Å². The molecule has 1 saturated carbocycles. The molecule has 3 aromatic carbocycles. The number of rotatable bonds is 9. The zero-order valence-corrected chi connectivity index (χ0v) is 25.4. The first-order chi connectivity index (χ1) is 20.5. The van der Waals surface area contributed by atoms with Crippen LogP contribution in [0, 0.1) is 17.6 Å². The van der Waals surface area contributed by atoms with Crippen molar-refractivity contribution in [2.45, 2.75) is 16.4 Å². The highest BCUT2D eigenvalue weighted by Gasteiger charge is 2.67. The maximum absolute atomic E-state index is 15.0. The third-order valence-electron chi connectivity index (χ3n) is 6.22. The molecular weight excluding hydrogens is 703 g/mol. The van der Waals surface area contributed by atoms with E-state index >= 15 is 4.39 Å². The Hall–Kier alpha value is -2.87. The molecule has 3 aromatic rings. The van der Waals surface area contributed by atoms with Crippen molar-refractivity contribution in [3.8, 4) is 0 Å². The Balaban J connectivity index is 1.46. The summed E-state index contributed by atoms with van der Waals surface area (Å²) in [5.41, 5.74) is -1.21. The van der Waals surface area contributed by atoms with Crippen LogP contribution in [-0.2, 0) is 14.3 Å². The van der Waals surface area contributed by atoms with Gasteiger partial charge in [-0.2, -0.15) is 13.2 Å². The predicted molar refractivity (Wildman–Crippen MR) is 157 cm³/mol. The van der Waals surface area contributed by atoms with E-state index in [9.17, 15) is 31.9 Å². The fourth-order valence-corrected chi connectivity index (χ4v) is 5.50. The molecular formula is C27H17Cl5F5N3O4. The molecule has 44 heavy (non-hydrogen) atoms. The number of anilines is 3. The van der Waals surface area contributed by atoms with Crippen LogP contribution in [0.5, 0.6) is 0 Å². The monoisotopic (exact) mass is 717 g/mol. The van der Waals surface area contributed by atoms with Crippen molar-refractivity contribution in [2.24, 2.45) is 5.92 Å². The molecule has 0 spiro atoms. The molecule has 2 atom stereocenters. The molecule has 1 aliphatic carbocycles. The first-order valence-electron chi connectivity index (χ1n) is 12.2. The highest BCUT2D eigenvalue weighted by Crippen LogP contribution is 2.65. The third-order valence-corrected chi connectivity index (χ3v) is 8.23. The smallest absolute Gasteiger partial charge is 0.362 e. The van der Waals surface area contributed by atoms with Gasteiger partial charge in [0.1, 0.15) is 29.1 Å². The van der Waals surface area contributed by atoms with Crippen molar-refractivity contribution in [2.75, 3.05) is 29.2 Å². The van der Waals surface area contributed by atoms with Crippen LogP contribution in [0.2, 0.25) is 15.1 Å². The van der Waals surface area contributed by atoms with E-state index in [2.05, 4.69) is 15.4 Å². The van der Waals surface area contributed by atoms with Gasteiger partial charge in [-0.1, -0.05) is 40.9 Å². The molecule has 0 aliphatic heterocycles. The number of amides is 3. The zero-order valence-electron chi connectivity index (χ0n) is 21.6. The molecule has 234 valence electrons. The Morgan fingerprint density at radius 2 is 1.55 bits per heavy atom. The second kappa shape index (κ2) is 13.2. The summed E-state index contributed by atoms with van der Waals surface area (Å²) in [4.78, 5) is 37.9. The predicted octanol–water partition coefficient (Wildman–Crippen LogP) is 8.22. The lowest BCUT2D eigenvalue weighted by Gasteiger charge is -2.14. The van der Waals surface area contributed by atoms with E-state index in [0.717, 1.165) is 6.07 Å². The van der Waals surface area contributed by atoms with Crippen LogP contribution in [0.25, 0.3) is 0 Å². The van der Waals surface area contributed by atoms with E-state index in [4.69, 9.17) is 58.0 Å². The van der Waals surface area contributed by atoms with Crippen molar-refractivity contribution in [3.63, 3.8) is 0 Å². The van der Waals surface area contributed by atoms with Crippen molar-refractivity contribution < 1.29 is 41.1 Å². The van der Waals surface area contributed by atoms with Crippen LogP contribution in [0.3, 0.4) is 0 Å². The summed E-state index contributed by atoms with van der Waals surface area (Å²) in [6, 6.07) is 10.1. The largest absolute Gasteiger partial charge is 0.411 e. The molecule has 0 radical (unpaired) electrons. The first-order valence-corrected chi connectivity index (χ1v) is 14.1. The van der Waals surface area contributed by atoms with Gasteiger partial charge in [-0.25, -0.2) is 8.78 Å². The van der Waals surface area contributed by atoms with Crippen molar-refractivity contribution in [1.82, 2.24) is 0 Å². The standard InChI is InChI=1S/C27H17Cl5F5N3O4/c28-14-4-2-12(38-25(43)21-20(27(21,31)32)11-1-3-15(29)16(30)7-11)8-13(14)24(42)39-18-6-5-17(33)23(22(18)34)40-19(41)9-44-10-26(35,36)37/h1-8,20-21H,9-10H2,(H,38,43)(H,39,42)(H,40,41)/t20-,21+/m0/s1. The van der Waals surface area contributed by atoms with Gasteiger partial charge >= 0.3 is 6.18 Å². The molecule has 0 aromatic heterocycles. The number of hydrogen-bond acceptors (Lipinski definition) is 4. The summed E-state index contributed by atoms with van der Waals surface area (Å²) in [6.45, 7) is -2.90.